The van der Waals surface area contributed by atoms with Crippen molar-refractivity contribution in [1.29, 1.82) is 0 Å². The summed E-state index contributed by atoms with van der Waals surface area (Å²) < 4.78 is 0. The van der Waals surface area contributed by atoms with Crippen LogP contribution in [0.15, 0.2) is 0 Å². The lowest BCUT2D eigenvalue weighted by Gasteiger charge is -2.15. The third-order valence-corrected chi connectivity index (χ3v) is 2.70. The zero-order valence-electron chi connectivity index (χ0n) is 9.72. The maximum Gasteiger partial charge on any atom is 0.189 e. The second-order valence-electron chi connectivity index (χ2n) is 4.71. The summed E-state index contributed by atoms with van der Waals surface area (Å²) in [5.41, 5.74) is -0.317. The number of carbonyl (C=O) groups is 2. The predicted molar refractivity (Wildman–Crippen MR) is 61.4 cm³/mol. The number of carbonyl (C=O) groups excluding carboxylic acids is 2. The topological polar surface area (TPSA) is 34.1 Å². The number of ketones is 1. The Hall–Kier alpha value is -0.310. The number of rotatable bonds is 4. The van der Waals surface area contributed by atoms with Gasteiger partial charge in [0.05, 0.1) is 0 Å². The van der Waals surface area contributed by atoms with Gasteiger partial charge >= 0.3 is 0 Å². The van der Waals surface area contributed by atoms with Crippen molar-refractivity contribution in [3.8, 4) is 0 Å². The lowest BCUT2D eigenvalue weighted by atomic mass is 9.88. The van der Waals surface area contributed by atoms with E-state index in [2.05, 4.69) is 0 Å². The number of thioether (sulfide) groups is 1. The Balaban J connectivity index is 3.84. The lowest BCUT2D eigenvalue weighted by Crippen LogP contribution is -2.20. The number of hydrogen-bond acceptors (Lipinski definition) is 3. The van der Waals surface area contributed by atoms with Gasteiger partial charge < -0.3 is 0 Å². The third kappa shape index (κ3) is 6.19. The average Bonchev–Trinajstić information content (AvgIpc) is 1.96. The van der Waals surface area contributed by atoms with Crippen LogP contribution in [0.3, 0.4) is 0 Å². The highest BCUT2D eigenvalue weighted by molar-refractivity contribution is 8.14. The SMILES string of the molecule is CC(C)SC(=O)CCC(=O)C(C)(C)C. The van der Waals surface area contributed by atoms with E-state index in [1.165, 1.54) is 11.8 Å². The van der Waals surface area contributed by atoms with Gasteiger partial charge in [0.1, 0.15) is 5.78 Å². The summed E-state index contributed by atoms with van der Waals surface area (Å²) in [7, 11) is 0. The molecular weight excluding hydrogens is 196 g/mol. The summed E-state index contributed by atoms with van der Waals surface area (Å²) in [4.78, 5) is 22.8. The molecule has 0 amide bonds. The van der Waals surface area contributed by atoms with E-state index in [4.69, 9.17) is 0 Å². The quantitative estimate of drug-likeness (QED) is 0.724. The molecule has 0 aromatic rings. The van der Waals surface area contributed by atoms with E-state index in [9.17, 15) is 9.59 Å². The van der Waals surface area contributed by atoms with E-state index in [1.54, 1.807) is 0 Å². The molecule has 0 fully saturated rings. The van der Waals surface area contributed by atoms with Gasteiger partial charge in [0, 0.05) is 23.5 Å². The Labute approximate surface area is 90.8 Å². The molecule has 0 saturated heterocycles. The Kier molecular flexibility index (Phi) is 5.42. The van der Waals surface area contributed by atoms with Crippen molar-refractivity contribution in [3.63, 3.8) is 0 Å². The molecule has 14 heavy (non-hydrogen) atoms. The third-order valence-electron chi connectivity index (χ3n) is 1.76. The minimum Gasteiger partial charge on any atom is -0.299 e. The van der Waals surface area contributed by atoms with Gasteiger partial charge in [-0.05, 0) is 0 Å². The summed E-state index contributed by atoms with van der Waals surface area (Å²) in [6, 6.07) is 0. The Morgan fingerprint density at radius 1 is 1.14 bits per heavy atom. The first kappa shape index (κ1) is 13.7. The molecule has 2 nitrogen and oxygen atoms in total. The zero-order chi connectivity index (χ0) is 11.4. The molecule has 0 spiro atoms. The first-order chi connectivity index (χ1) is 6.23. The highest BCUT2D eigenvalue weighted by Crippen LogP contribution is 2.20. The van der Waals surface area contributed by atoms with Crippen molar-refractivity contribution in [3.05, 3.63) is 0 Å². The summed E-state index contributed by atoms with van der Waals surface area (Å²) in [5, 5.41) is 0.435. The second kappa shape index (κ2) is 5.54. The highest BCUT2D eigenvalue weighted by atomic mass is 32.2. The first-order valence-corrected chi connectivity index (χ1v) is 5.84. The molecule has 0 aromatic carbocycles. The van der Waals surface area contributed by atoms with Crippen LogP contribution in [0.25, 0.3) is 0 Å². The van der Waals surface area contributed by atoms with Crippen LogP contribution in [0, 0.1) is 5.41 Å². The largest absolute Gasteiger partial charge is 0.299 e. The molecule has 0 atom stereocenters. The van der Waals surface area contributed by atoms with E-state index >= 15 is 0 Å². The molecule has 3 heteroatoms. The van der Waals surface area contributed by atoms with Crippen LogP contribution >= 0.6 is 11.8 Å². The van der Waals surface area contributed by atoms with Crippen LogP contribution in [0.4, 0.5) is 0 Å². The monoisotopic (exact) mass is 216 g/mol. The summed E-state index contributed by atoms with van der Waals surface area (Å²) in [5.74, 6) is 0.162. The van der Waals surface area contributed by atoms with Crippen LogP contribution in [0.1, 0.15) is 47.5 Å². The van der Waals surface area contributed by atoms with E-state index < -0.39 is 0 Å². The molecule has 82 valence electrons. The smallest absolute Gasteiger partial charge is 0.189 e. The predicted octanol–water partition coefficient (Wildman–Crippen LogP) is 3.05. The summed E-state index contributed by atoms with van der Waals surface area (Å²) >= 11 is 1.32. The van der Waals surface area contributed by atoms with Crippen molar-refractivity contribution < 1.29 is 9.59 Å². The summed E-state index contributed by atoms with van der Waals surface area (Å²) in [6.07, 6.45) is 0.751. The fourth-order valence-corrected chi connectivity index (χ4v) is 1.66. The van der Waals surface area contributed by atoms with Crippen LogP contribution in [-0.2, 0) is 9.59 Å². The van der Waals surface area contributed by atoms with E-state index in [0.717, 1.165) is 0 Å². The molecule has 0 aliphatic carbocycles. The number of hydrogen-bond donors (Lipinski definition) is 0. The molecule has 0 aromatic heterocycles. The van der Waals surface area contributed by atoms with Crippen molar-refractivity contribution in [2.24, 2.45) is 5.41 Å². The van der Waals surface area contributed by atoms with Crippen LogP contribution in [-0.4, -0.2) is 16.1 Å². The van der Waals surface area contributed by atoms with Gasteiger partial charge in [0.2, 0.25) is 0 Å². The van der Waals surface area contributed by atoms with E-state index in [1.807, 2.05) is 34.6 Å². The maximum absolute atomic E-state index is 11.5. The van der Waals surface area contributed by atoms with Gasteiger partial charge in [0.25, 0.3) is 0 Å². The van der Waals surface area contributed by atoms with Gasteiger partial charge in [-0.2, -0.15) is 0 Å². The van der Waals surface area contributed by atoms with Crippen molar-refractivity contribution in [1.82, 2.24) is 0 Å². The minimum atomic E-state index is -0.317. The molecule has 0 heterocycles. The zero-order valence-corrected chi connectivity index (χ0v) is 10.5. The van der Waals surface area contributed by atoms with Crippen molar-refractivity contribution in [2.45, 2.75) is 52.7 Å². The Morgan fingerprint density at radius 2 is 1.64 bits per heavy atom. The average molecular weight is 216 g/mol. The molecular formula is C11H20O2S. The molecule has 0 unspecified atom stereocenters. The maximum atomic E-state index is 11.5. The van der Waals surface area contributed by atoms with Crippen LogP contribution in [0.5, 0.6) is 0 Å². The van der Waals surface area contributed by atoms with Crippen LogP contribution < -0.4 is 0 Å². The molecule has 0 aliphatic heterocycles. The number of Topliss-reactive ketones (excluding diaryl/α,β-unsaturated/α-hetero) is 1. The summed E-state index contributed by atoms with van der Waals surface area (Å²) in [6.45, 7) is 9.61. The molecule has 0 saturated carbocycles. The lowest BCUT2D eigenvalue weighted by molar-refractivity contribution is -0.127. The standard InChI is InChI=1S/C11H20O2S/c1-8(2)14-10(13)7-6-9(12)11(3,4)5/h8H,6-7H2,1-5H3. The Morgan fingerprint density at radius 3 is 2.00 bits per heavy atom. The van der Waals surface area contributed by atoms with Gasteiger partial charge in [-0.1, -0.05) is 46.4 Å². The molecule has 0 rings (SSSR count). The van der Waals surface area contributed by atoms with Crippen molar-refractivity contribution >= 4 is 22.7 Å². The fraction of sp³-hybridized carbons (Fsp3) is 0.818. The van der Waals surface area contributed by atoms with E-state index in [0.29, 0.717) is 18.1 Å². The van der Waals surface area contributed by atoms with Gasteiger partial charge in [0.15, 0.2) is 5.12 Å². The van der Waals surface area contributed by atoms with Crippen LogP contribution in [0.2, 0.25) is 0 Å². The minimum absolute atomic E-state index is 0.123. The van der Waals surface area contributed by atoms with Gasteiger partial charge in [-0.25, -0.2) is 0 Å². The highest BCUT2D eigenvalue weighted by Gasteiger charge is 2.21. The first-order valence-electron chi connectivity index (χ1n) is 4.96. The fourth-order valence-electron chi connectivity index (χ4n) is 0.912. The van der Waals surface area contributed by atoms with Crippen molar-refractivity contribution in [2.75, 3.05) is 0 Å². The molecule has 0 bridgehead atoms. The molecule has 0 radical (unpaired) electrons. The second-order valence-corrected chi connectivity index (χ2v) is 6.35. The van der Waals surface area contributed by atoms with E-state index in [-0.39, 0.29) is 16.3 Å². The normalized spacial score (nSPS) is 11.9. The Bertz CT molecular complexity index is 214. The van der Waals surface area contributed by atoms with Gasteiger partial charge in [-0.15, -0.1) is 0 Å². The molecule has 0 N–H and O–H groups in total. The van der Waals surface area contributed by atoms with Gasteiger partial charge in [-0.3, -0.25) is 9.59 Å². The molecule has 0 aliphatic rings.